The van der Waals surface area contributed by atoms with Crippen molar-refractivity contribution in [2.24, 2.45) is 10.8 Å². The highest BCUT2D eigenvalue weighted by Gasteiger charge is 2.49. The molecule has 1 aromatic heterocycles. The van der Waals surface area contributed by atoms with Crippen LogP contribution in [0.15, 0.2) is 112 Å². The van der Waals surface area contributed by atoms with Gasteiger partial charge >= 0.3 is 5.51 Å². The molecule has 0 unspecified atom stereocenters. The summed E-state index contributed by atoms with van der Waals surface area (Å²) in [5.41, 5.74) is 2.92. The van der Waals surface area contributed by atoms with Gasteiger partial charge in [-0.3, -0.25) is 24.1 Å². The first-order valence-corrected chi connectivity index (χ1v) is 38.0. The number of unbranched alkanes of at least 4 members (excludes halogenated alkanes) is 5. The smallest absolute Gasteiger partial charge is 0.391 e. The number of sulfone groups is 1. The number of hydrogen-bond donors (Lipinski definition) is 5. The van der Waals surface area contributed by atoms with Crippen LogP contribution in [0.1, 0.15) is 139 Å². The molecule has 0 radical (unpaired) electrons. The van der Waals surface area contributed by atoms with Gasteiger partial charge in [-0.15, -0.1) is 11.3 Å². The molecule has 4 aromatic carbocycles. The first-order valence-electron chi connectivity index (χ1n) is 33.7. The minimum Gasteiger partial charge on any atom is -0.391 e. The van der Waals surface area contributed by atoms with Crippen LogP contribution >= 0.6 is 22.9 Å². The molecule has 1 aliphatic carbocycles. The number of thiazole rings is 1. The number of aliphatic hydroxyl groups is 1. The number of piperazine rings is 2. The lowest BCUT2D eigenvalue weighted by atomic mass is 9.73. The van der Waals surface area contributed by atoms with Crippen LogP contribution in [0.4, 0.5) is 24.5 Å². The van der Waals surface area contributed by atoms with Gasteiger partial charge in [-0.1, -0.05) is 114 Å². The van der Waals surface area contributed by atoms with Crippen molar-refractivity contribution in [2.45, 2.75) is 159 Å². The van der Waals surface area contributed by atoms with Gasteiger partial charge in [0.2, 0.25) is 17.7 Å². The highest BCUT2D eigenvalue weighted by Crippen LogP contribution is 2.43. The summed E-state index contributed by atoms with van der Waals surface area (Å²) in [4.78, 5) is 68.3. The monoisotopic (exact) mass is 1420 g/mol. The molecule has 3 saturated heterocycles. The predicted octanol–water partition coefficient (Wildman–Crippen LogP) is 10.9. The summed E-state index contributed by atoms with van der Waals surface area (Å²) in [5, 5.41) is 20.0. The van der Waals surface area contributed by atoms with Gasteiger partial charge in [-0.2, -0.15) is 13.2 Å². The lowest BCUT2D eigenvalue weighted by Gasteiger charge is -2.39. The van der Waals surface area contributed by atoms with Crippen LogP contribution in [-0.4, -0.2) is 179 Å². The van der Waals surface area contributed by atoms with Crippen LogP contribution in [0.25, 0.3) is 16.0 Å². The maximum Gasteiger partial charge on any atom is 0.501 e. The molecule has 3 atom stereocenters. The molecule has 4 aliphatic rings. The Balaban J connectivity index is 0.653. The van der Waals surface area contributed by atoms with Gasteiger partial charge in [-0.05, 0) is 146 Å². The quantitative estimate of drug-likeness (QED) is 0.0293. The summed E-state index contributed by atoms with van der Waals surface area (Å²) in [6.45, 7) is 21.1. The van der Waals surface area contributed by atoms with Crippen molar-refractivity contribution in [2.75, 3.05) is 95.3 Å². The fourth-order valence-corrected chi connectivity index (χ4v) is 16.3. The Morgan fingerprint density at radius 1 is 0.773 bits per heavy atom. The zero-order chi connectivity index (χ0) is 69.9. The van der Waals surface area contributed by atoms with E-state index < -0.39 is 76.3 Å². The Hall–Kier alpha value is -6.45. The zero-order valence-electron chi connectivity index (χ0n) is 56.5. The van der Waals surface area contributed by atoms with Crippen molar-refractivity contribution in [3.63, 3.8) is 0 Å². The third kappa shape index (κ3) is 20.2. The Bertz CT molecular complexity index is 3800. The third-order valence-electron chi connectivity index (χ3n) is 19.0. The van der Waals surface area contributed by atoms with Gasteiger partial charge in [0.15, 0.2) is 0 Å². The second-order valence-corrected chi connectivity index (χ2v) is 32.9. The van der Waals surface area contributed by atoms with E-state index in [0.29, 0.717) is 30.5 Å². The van der Waals surface area contributed by atoms with Gasteiger partial charge in [0.1, 0.15) is 17.0 Å². The number of nitrogens with one attached hydrogen (secondary N) is 4. The van der Waals surface area contributed by atoms with Crippen LogP contribution in [0.2, 0.25) is 5.02 Å². The number of β-amino-alcohol motifs (C(OH)–C–C–N with tert-alkyl or cyclic N) is 1. The number of aryl methyl sites for hydroxylation is 1. The number of halogens is 4. The number of amides is 4. The van der Waals surface area contributed by atoms with Gasteiger partial charge in [-0.25, -0.2) is 26.5 Å². The molecule has 97 heavy (non-hydrogen) atoms. The molecule has 4 heterocycles. The lowest BCUT2D eigenvalue weighted by molar-refractivity contribution is -0.144. The van der Waals surface area contributed by atoms with Crippen LogP contribution in [0, 0.1) is 17.8 Å². The van der Waals surface area contributed by atoms with E-state index in [4.69, 9.17) is 11.6 Å². The number of anilines is 2. The van der Waals surface area contributed by atoms with Crippen molar-refractivity contribution in [1.29, 1.82) is 0 Å². The highest BCUT2D eigenvalue weighted by molar-refractivity contribution is 7.92. The number of carbonyl (C=O) groups is 4. The molecule has 5 N–H and O–H groups in total. The number of rotatable bonds is 28. The average Bonchev–Trinajstić information content (AvgIpc) is 1.57. The predicted molar refractivity (Wildman–Crippen MR) is 375 cm³/mol. The summed E-state index contributed by atoms with van der Waals surface area (Å²) in [5.74, 6) is -2.04. The van der Waals surface area contributed by atoms with E-state index in [1.54, 1.807) is 29.0 Å². The number of aliphatic hydroxyl groups excluding tert-OH is 1. The lowest BCUT2D eigenvalue weighted by Crippen LogP contribution is -2.57. The number of alkyl halides is 3. The van der Waals surface area contributed by atoms with Crippen molar-refractivity contribution in [3.05, 3.63) is 129 Å². The maximum atomic E-state index is 14.1. The SMILES string of the molecule is Cc1ncsc1-c1ccc(CNC(=O)[C@@H]2C[C@@H](O)CN2C(=O)[C@@H](NC(=O)CCCCCCCCN2CCN(CCCNc3ccc(S(=O)(=O)NC(=O)c4ccc(N5CCN(CC6=C(c7ccc(Cl)cc7)CCC(C)(C)C6)CC5)cc4)cc3S(=O)(=O)C(F)(F)F)CC2)C(C)(C)C)cc1. The number of allylic oxidation sites excluding steroid dienone is 1. The van der Waals surface area contributed by atoms with Crippen molar-refractivity contribution >= 4 is 83.4 Å². The van der Waals surface area contributed by atoms with E-state index >= 15 is 0 Å². The standard InChI is InChI=1S/C71H94ClF3N10O9S3/c1-49-64(95-48-78-49)52-17-15-50(16-18-52)45-77-67(89)61-42-57(86)47-85(61)68(90)65(69(2,3)4)79-63(87)14-11-9-7-8-10-12-32-81-34-36-82(37-35-81)33-13-31-76-60-28-27-58(43-62(60)96(91,92)71(73,74)75)97(93,94)80-66(88)53-21-25-56(26-22-53)84-40-38-83(39-41-84)46-54-44-70(5,6)30-29-59(54)51-19-23-55(72)24-20-51/h15-28,43,48,57,61,65,76,86H,7-14,29-42,44-47H2,1-6H3,(H,77,89)(H,79,87)(H,80,88)/t57-,61+,65-/m1/s1. The largest absolute Gasteiger partial charge is 0.501 e. The van der Waals surface area contributed by atoms with Crippen LogP contribution < -0.4 is 25.6 Å². The van der Waals surface area contributed by atoms with Crippen LogP contribution in [0.5, 0.6) is 0 Å². The number of nitrogens with zero attached hydrogens (tertiary/aromatic N) is 6. The molecule has 9 rings (SSSR count). The van der Waals surface area contributed by atoms with Gasteiger partial charge in [0, 0.05) is 108 Å². The summed E-state index contributed by atoms with van der Waals surface area (Å²) in [6, 6.07) is 22.9. The topological polar surface area (TPSA) is 234 Å². The molecule has 528 valence electrons. The Kier molecular flexibility index (Phi) is 25.2. The first-order chi connectivity index (χ1) is 45.9. The third-order valence-corrected chi connectivity index (χ3v) is 23.1. The first kappa shape index (κ1) is 74.8. The number of likely N-dealkylation sites (tertiary alicyclic amines) is 1. The summed E-state index contributed by atoms with van der Waals surface area (Å²) >= 11 is 7.77. The Morgan fingerprint density at radius 2 is 1.39 bits per heavy atom. The average molecular weight is 1420 g/mol. The fraction of sp³-hybridized carbons (Fsp3) is 0.535. The van der Waals surface area contributed by atoms with Crippen LogP contribution in [-0.2, 0) is 40.8 Å². The summed E-state index contributed by atoms with van der Waals surface area (Å²) < 4.78 is 97.3. The maximum absolute atomic E-state index is 14.1. The molecule has 0 spiro atoms. The molecule has 3 fully saturated rings. The van der Waals surface area contributed by atoms with E-state index in [0.717, 1.165) is 156 Å². The number of sulfonamides is 1. The van der Waals surface area contributed by atoms with Crippen LogP contribution in [0.3, 0.4) is 0 Å². The van der Waals surface area contributed by atoms with Gasteiger partial charge in [0.25, 0.3) is 25.8 Å². The zero-order valence-corrected chi connectivity index (χ0v) is 59.7. The van der Waals surface area contributed by atoms with Crippen molar-refractivity contribution in [1.82, 2.24) is 39.9 Å². The van der Waals surface area contributed by atoms with E-state index in [1.807, 2.05) is 68.8 Å². The molecular weight excluding hydrogens is 1330 g/mol. The Morgan fingerprint density at radius 3 is 2.02 bits per heavy atom. The fourth-order valence-electron chi connectivity index (χ4n) is 13.3. The number of aromatic nitrogens is 1. The molecule has 4 amide bonds. The molecule has 5 aromatic rings. The van der Waals surface area contributed by atoms with E-state index in [-0.39, 0.29) is 55.3 Å². The number of hydrogen-bond acceptors (Lipinski definition) is 16. The van der Waals surface area contributed by atoms with Crippen molar-refractivity contribution in [3.8, 4) is 10.4 Å². The van der Waals surface area contributed by atoms with Crippen molar-refractivity contribution < 1.29 is 54.3 Å². The summed E-state index contributed by atoms with van der Waals surface area (Å²) in [6.07, 6.45) is 8.52. The van der Waals surface area contributed by atoms with Gasteiger partial charge < -0.3 is 40.7 Å². The molecule has 19 nitrogen and oxygen atoms in total. The molecule has 0 bridgehead atoms. The second-order valence-electron chi connectivity index (χ2n) is 28.1. The normalized spacial score (nSPS) is 18.8. The Labute approximate surface area is 578 Å². The highest BCUT2D eigenvalue weighted by atomic mass is 35.5. The molecular formula is C71H94ClF3N10O9S3. The minimum atomic E-state index is -6.04. The molecule has 0 saturated carbocycles. The number of carbonyl (C=O) groups excluding carboxylic acids is 4. The number of benzene rings is 4. The molecule has 26 heteroatoms. The second kappa shape index (κ2) is 32.7. The summed E-state index contributed by atoms with van der Waals surface area (Å²) in [7, 11) is -10.9. The van der Waals surface area contributed by atoms with E-state index in [9.17, 15) is 54.3 Å². The van der Waals surface area contributed by atoms with E-state index in [1.165, 1.54) is 33.7 Å². The van der Waals surface area contributed by atoms with E-state index in [2.05, 4.69) is 66.5 Å². The molecule has 3 aliphatic heterocycles. The minimum absolute atomic E-state index is 0.00636. The van der Waals surface area contributed by atoms with Gasteiger partial charge in [0.05, 0.1) is 32.8 Å².